The summed E-state index contributed by atoms with van der Waals surface area (Å²) in [6.07, 6.45) is 0. The highest BCUT2D eigenvalue weighted by molar-refractivity contribution is 6.52. The predicted molar refractivity (Wildman–Crippen MR) is 74.0 cm³/mol. The number of alkyl halides is 1. The lowest BCUT2D eigenvalue weighted by Crippen LogP contribution is -2.11. The molecule has 0 saturated carbocycles. The normalized spacial score (nSPS) is 11.4. The van der Waals surface area contributed by atoms with E-state index in [2.05, 4.69) is 60.7 Å². The van der Waals surface area contributed by atoms with E-state index in [0.717, 1.165) is 5.50 Å². The molecule has 0 nitrogen and oxygen atoms in total. The Kier molecular flexibility index (Phi) is 4.20. The number of rotatable bonds is 4. The van der Waals surface area contributed by atoms with Crippen LogP contribution in [0.5, 0.6) is 0 Å². The summed E-state index contributed by atoms with van der Waals surface area (Å²) in [5, 5.41) is 0. The van der Waals surface area contributed by atoms with Crippen molar-refractivity contribution >= 4 is 21.1 Å². The Bertz CT molecular complexity index is 374. The summed E-state index contributed by atoms with van der Waals surface area (Å²) in [6.45, 7) is 0. The summed E-state index contributed by atoms with van der Waals surface area (Å²) < 4.78 is 0. The van der Waals surface area contributed by atoms with Gasteiger partial charge in [-0.2, -0.15) is 0 Å². The third-order valence-corrected chi connectivity index (χ3v) is 5.19. The monoisotopic (exact) mass is 246 g/mol. The first-order valence-electron chi connectivity index (χ1n) is 5.57. The van der Waals surface area contributed by atoms with Crippen LogP contribution in [0.4, 0.5) is 0 Å². The molecular formula is C14H15ClSi. The molecule has 0 aliphatic rings. The van der Waals surface area contributed by atoms with Gasteiger partial charge in [-0.15, -0.1) is 11.6 Å². The Morgan fingerprint density at radius 3 is 1.62 bits per heavy atom. The Balaban J connectivity index is 2.31. The van der Waals surface area contributed by atoms with Gasteiger partial charge in [0.05, 0.1) is 9.52 Å². The van der Waals surface area contributed by atoms with Crippen LogP contribution >= 0.6 is 11.6 Å². The Hall–Kier alpha value is -1.05. The minimum atomic E-state index is -0.295. The van der Waals surface area contributed by atoms with E-state index in [1.165, 1.54) is 11.1 Å². The number of hydrogen-bond donors (Lipinski definition) is 0. The molecule has 0 aliphatic heterocycles. The van der Waals surface area contributed by atoms with Gasteiger partial charge in [0, 0.05) is 5.50 Å². The molecular weight excluding hydrogens is 232 g/mol. The lowest BCUT2D eigenvalue weighted by molar-refractivity contribution is 1.12. The molecule has 0 radical (unpaired) electrons. The maximum absolute atomic E-state index is 5.96. The first-order chi connectivity index (χ1) is 7.92. The average molecular weight is 247 g/mol. The van der Waals surface area contributed by atoms with Gasteiger partial charge < -0.3 is 0 Å². The van der Waals surface area contributed by atoms with Crippen molar-refractivity contribution in [1.29, 1.82) is 0 Å². The number of benzene rings is 2. The molecule has 0 heterocycles. The van der Waals surface area contributed by atoms with Crippen molar-refractivity contribution < 1.29 is 0 Å². The van der Waals surface area contributed by atoms with Crippen LogP contribution in [0.1, 0.15) is 16.7 Å². The Morgan fingerprint density at radius 2 is 1.25 bits per heavy atom. The fourth-order valence-corrected chi connectivity index (χ4v) is 4.09. The van der Waals surface area contributed by atoms with E-state index in [0.29, 0.717) is 5.54 Å². The van der Waals surface area contributed by atoms with Gasteiger partial charge in [0.2, 0.25) is 0 Å². The molecule has 0 N–H and O–H groups in total. The summed E-state index contributed by atoms with van der Waals surface area (Å²) >= 11 is 5.96. The third-order valence-electron chi connectivity index (χ3n) is 2.80. The van der Waals surface area contributed by atoms with E-state index < -0.39 is 0 Å². The highest BCUT2D eigenvalue weighted by Crippen LogP contribution is 2.23. The molecule has 0 spiro atoms. The lowest BCUT2D eigenvalue weighted by Gasteiger charge is -2.16. The molecule has 0 unspecified atom stereocenters. The van der Waals surface area contributed by atoms with Crippen LogP contribution in [-0.2, 0) is 0 Å². The lowest BCUT2D eigenvalue weighted by atomic mass is 10.0. The van der Waals surface area contributed by atoms with E-state index in [1.807, 2.05) is 0 Å². The maximum Gasteiger partial charge on any atom is 0.0518 e. The first kappa shape index (κ1) is 11.4. The fraction of sp³-hybridized carbons (Fsp3) is 0.143. The zero-order valence-electron chi connectivity index (χ0n) is 9.14. The quantitative estimate of drug-likeness (QED) is 0.574. The molecule has 0 atom stereocenters. The van der Waals surface area contributed by atoms with Crippen molar-refractivity contribution in [2.45, 2.75) is 5.54 Å². The van der Waals surface area contributed by atoms with Crippen LogP contribution in [0.15, 0.2) is 60.7 Å². The summed E-state index contributed by atoms with van der Waals surface area (Å²) in [5.41, 5.74) is 4.19. The molecule has 0 fully saturated rings. The second kappa shape index (κ2) is 5.88. The van der Waals surface area contributed by atoms with Gasteiger partial charge in [0.1, 0.15) is 0 Å². The van der Waals surface area contributed by atoms with Gasteiger partial charge in [0.15, 0.2) is 0 Å². The summed E-state index contributed by atoms with van der Waals surface area (Å²) in [7, 11) is -0.295. The minimum absolute atomic E-state index is 0.295. The van der Waals surface area contributed by atoms with Gasteiger partial charge >= 0.3 is 0 Å². The van der Waals surface area contributed by atoms with E-state index in [-0.39, 0.29) is 9.52 Å². The molecule has 0 amide bonds. The van der Waals surface area contributed by atoms with Crippen LogP contribution in [0, 0.1) is 0 Å². The standard InChI is InChI=1S/C14H15ClSi/c15-11-16-14(12-7-3-1-4-8-12)13-9-5-2-6-10-13/h1-10,14H,11,16H2. The smallest absolute Gasteiger partial charge is 0.0518 e. The molecule has 16 heavy (non-hydrogen) atoms. The largest absolute Gasteiger partial charge is 0.131 e. The third kappa shape index (κ3) is 2.74. The summed E-state index contributed by atoms with van der Waals surface area (Å²) in [6, 6.07) is 21.4. The Morgan fingerprint density at radius 1 is 0.812 bits per heavy atom. The van der Waals surface area contributed by atoms with E-state index in [1.54, 1.807) is 0 Å². The van der Waals surface area contributed by atoms with Crippen molar-refractivity contribution in [2.75, 3.05) is 5.50 Å². The van der Waals surface area contributed by atoms with Gasteiger partial charge in [-0.3, -0.25) is 0 Å². The van der Waals surface area contributed by atoms with Crippen molar-refractivity contribution in [3.05, 3.63) is 71.8 Å². The van der Waals surface area contributed by atoms with Gasteiger partial charge in [0.25, 0.3) is 0 Å². The molecule has 2 heteroatoms. The van der Waals surface area contributed by atoms with Crippen molar-refractivity contribution in [3.8, 4) is 0 Å². The molecule has 0 bridgehead atoms. The van der Waals surface area contributed by atoms with Gasteiger partial charge in [-0.1, -0.05) is 60.7 Å². The molecule has 0 aromatic heterocycles. The van der Waals surface area contributed by atoms with Crippen LogP contribution in [0.2, 0.25) is 0 Å². The first-order valence-corrected chi connectivity index (χ1v) is 7.93. The zero-order chi connectivity index (χ0) is 11.2. The van der Waals surface area contributed by atoms with Crippen LogP contribution in [0.3, 0.4) is 0 Å². The average Bonchev–Trinajstić information content (AvgIpc) is 2.38. The minimum Gasteiger partial charge on any atom is -0.131 e. The summed E-state index contributed by atoms with van der Waals surface area (Å²) in [5.74, 6) is 0. The molecule has 2 rings (SSSR count). The van der Waals surface area contributed by atoms with Crippen LogP contribution in [0.25, 0.3) is 0 Å². The molecule has 82 valence electrons. The van der Waals surface area contributed by atoms with Crippen LogP contribution in [-0.4, -0.2) is 15.0 Å². The maximum atomic E-state index is 5.96. The highest BCUT2D eigenvalue weighted by atomic mass is 35.5. The zero-order valence-corrected chi connectivity index (χ0v) is 11.3. The van der Waals surface area contributed by atoms with Crippen LogP contribution < -0.4 is 0 Å². The highest BCUT2D eigenvalue weighted by Gasteiger charge is 2.12. The van der Waals surface area contributed by atoms with Gasteiger partial charge in [-0.05, 0) is 16.7 Å². The topological polar surface area (TPSA) is 0 Å². The van der Waals surface area contributed by atoms with Gasteiger partial charge in [-0.25, -0.2) is 0 Å². The second-order valence-corrected chi connectivity index (χ2v) is 6.76. The summed E-state index contributed by atoms with van der Waals surface area (Å²) in [4.78, 5) is 0. The van der Waals surface area contributed by atoms with E-state index >= 15 is 0 Å². The number of hydrogen-bond acceptors (Lipinski definition) is 0. The Labute approximate surface area is 104 Å². The second-order valence-electron chi connectivity index (χ2n) is 3.85. The molecule has 0 aliphatic carbocycles. The predicted octanol–water partition coefficient (Wildman–Crippen LogP) is 3.14. The van der Waals surface area contributed by atoms with E-state index in [4.69, 9.17) is 11.6 Å². The van der Waals surface area contributed by atoms with Crippen molar-refractivity contribution in [3.63, 3.8) is 0 Å². The number of halogens is 1. The van der Waals surface area contributed by atoms with Crippen molar-refractivity contribution in [2.24, 2.45) is 0 Å². The molecule has 0 saturated heterocycles. The molecule has 2 aromatic carbocycles. The van der Waals surface area contributed by atoms with E-state index in [9.17, 15) is 0 Å². The van der Waals surface area contributed by atoms with Crippen molar-refractivity contribution in [1.82, 2.24) is 0 Å². The fourth-order valence-electron chi connectivity index (χ4n) is 2.01. The molecule has 2 aromatic rings. The SMILES string of the molecule is ClC[SiH2]C(c1ccccc1)c1ccccc1.